The molecule has 1 rings (SSSR count). The lowest BCUT2D eigenvalue weighted by Gasteiger charge is -2.17. The van der Waals surface area contributed by atoms with Gasteiger partial charge in [0.15, 0.2) is 0 Å². The van der Waals surface area contributed by atoms with Crippen LogP contribution in [0.1, 0.15) is 18.2 Å². The predicted molar refractivity (Wildman–Crippen MR) is 69.9 cm³/mol. The normalized spacial score (nSPS) is 12.2. The highest BCUT2D eigenvalue weighted by molar-refractivity contribution is 9.11. The fourth-order valence-electron chi connectivity index (χ4n) is 1.26. The van der Waals surface area contributed by atoms with Crippen LogP contribution in [0, 0.1) is 5.92 Å². The van der Waals surface area contributed by atoms with E-state index in [9.17, 15) is 9.59 Å². The Morgan fingerprint density at radius 1 is 1.53 bits per heavy atom. The van der Waals surface area contributed by atoms with E-state index in [-0.39, 0.29) is 12.3 Å². The van der Waals surface area contributed by atoms with Crippen molar-refractivity contribution in [1.29, 1.82) is 0 Å². The minimum atomic E-state index is -0.939. The number of rotatable bonds is 5. The highest BCUT2D eigenvalue weighted by Gasteiger charge is 2.18. The molecule has 1 atom stereocenters. The number of hydrogen-bond acceptors (Lipinski definition) is 3. The van der Waals surface area contributed by atoms with Gasteiger partial charge in [-0.25, -0.2) is 0 Å². The van der Waals surface area contributed by atoms with E-state index in [0.29, 0.717) is 6.54 Å². The minimum Gasteiger partial charge on any atom is -0.481 e. The largest absolute Gasteiger partial charge is 0.481 e. The molecule has 0 saturated heterocycles. The van der Waals surface area contributed by atoms with E-state index in [4.69, 9.17) is 5.11 Å². The Labute approximate surface area is 112 Å². The summed E-state index contributed by atoms with van der Waals surface area (Å²) in [6.07, 6.45) is 0.0401. The first-order valence-electron chi connectivity index (χ1n) is 5.11. The second kappa shape index (κ2) is 6.16. The summed E-state index contributed by atoms with van der Waals surface area (Å²) >= 11 is 4.92. The maximum atomic E-state index is 11.7. The summed E-state index contributed by atoms with van der Waals surface area (Å²) in [7, 11) is 1.69. The van der Waals surface area contributed by atoms with Gasteiger partial charge in [0, 0.05) is 18.3 Å². The van der Waals surface area contributed by atoms with Gasteiger partial charge in [-0.2, -0.15) is 0 Å². The summed E-state index contributed by atoms with van der Waals surface area (Å²) in [6, 6.07) is 3.87. The fourth-order valence-corrected chi connectivity index (χ4v) is 2.80. The van der Waals surface area contributed by atoms with Crippen molar-refractivity contribution in [2.45, 2.75) is 19.9 Å². The number of hydrogen-bond donors (Lipinski definition) is 1. The molecule has 1 heterocycles. The molecule has 0 radical (unpaired) electrons. The first-order chi connectivity index (χ1) is 7.90. The number of amides is 1. The summed E-state index contributed by atoms with van der Waals surface area (Å²) in [5.74, 6) is -1.73. The van der Waals surface area contributed by atoms with Gasteiger partial charge in [0.2, 0.25) is 5.91 Å². The Kier molecular flexibility index (Phi) is 5.14. The van der Waals surface area contributed by atoms with Crippen molar-refractivity contribution in [3.05, 3.63) is 20.8 Å². The highest BCUT2D eigenvalue weighted by Crippen LogP contribution is 2.23. The number of halogens is 1. The van der Waals surface area contributed by atoms with Crippen molar-refractivity contribution >= 4 is 39.1 Å². The monoisotopic (exact) mass is 319 g/mol. The third-order valence-electron chi connectivity index (χ3n) is 2.35. The van der Waals surface area contributed by atoms with Crippen LogP contribution in [0.5, 0.6) is 0 Å². The van der Waals surface area contributed by atoms with Gasteiger partial charge in [-0.15, -0.1) is 11.3 Å². The third-order valence-corrected chi connectivity index (χ3v) is 3.96. The molecule has 0 aliphatic carbocycles. The van der Waals surface area contributed by atoms with Crippen LogP contribution in [0.25, 0.3) is 0 Å². The molecule has 1 amide bonds. The van der Waals surface area contributed by atoms with Gasteiger partial charge in [0.05, 0.1) is 16.2 Å². The second-order valence-electron chi connectivity index (χ2n) is 3.90. The standard InChI is InChI=1S/C11H14BrNO3S/c1-7(11(15)16)5-10(14)13(2)6-8-3-4-9(12)17-8/h3-4,7H,5-6H2,1-2H3,(H,15,16). The Balaban J connectivity index is 2.50. The van der Waals surface area contributed by atoms with E-state index in [1.165, 1.54) is 6.92 Å². The van der Waals surface area contributed by atoms with Crippen LogP contribution in [0.15, 0.2) is 15.9 Å². The molecule has 94 valence electrons. The Morgan fingerprint density at radius 2 is 2.18 bits per heavy atom. The number of nitrogens with zero attached hydrogens (tertiary/aromatic N) is 1. The van der Waals surface area contributed by atoms with E-state index in [1.807, 2.05) is 12.1 Å². The lowest BCUT2D eigenvalue weighted by atomic mass is 10.1. The van der Waals surface area contributed by atoms with Crippen LogP contribution in [0.2, 0.25) is 0 Å². The van der Waals surface area contributed by atoms with Crippen LogP contribution >= 0.6 is 27.3 Å². The van der Waals surface area contributed by atoms with Crippen molar-refractivity contribution in [2.75, 3.05) is 7.05 Å². The third kappa shape index (κ3) is 4.47. The van der Waals surface area contributed by atoms with Crippen molar-refractivity contribution in [3.63, 3.8) is 0 Å². The molecule has 0 spiro atoms. The summed E-state index contributed by atoms with van der Waals surface area (Å²) in [6.45, 7) is 2.05. The summed E-state index contributed by atoms with van der Waals surface area (Å²) in [4.78, 5) is 25.0. The molecule has 6 heteroatoms. The topological polar surface area (TPSA) is 57.6 Å². The Bertz CT molecular complexity index is 419. The number of aliphatic carboxylic acids is 1. The summed E-state index contributed by atoms with van der Waals surface area (Å²) in [5.41, 5.74) is 0. The Hall–Kier alpha value is -0.880. The van der Waals surface area contributed by atoms with E-state index in [2.05, 4.69) is 15.9 Å². The summed E-state index contributed by atoms with van der Waals surface area (Å²) < 4.78 is 1.02. The lowest BCUT2D eigenvalue weighted by Crippen LogP contribution is -2.28. The molecule has 17 heavy (non-hydrogen) atoms. The van der Waals surface area contributed by atoms with Crippen molar-refractivity contribution in [2.24, 2.45) is 5.92 Å². The maximum Gasteiger partial charge on any atom is 0.306 e. The van der Waals surface area contributed by atoms with Crippen molar-refractivity contribution in [3.8, 4) is 0 Å². The van der Waals surface area contributed by atoms with Crippen LogP contribution in [0.4, 0.5) is 0 Å². The van der Waals surface area contributed by atoms with Gasteiger partial charge in [0.1, 0.15) is 0 Å². The quantitative estimate of drug-likeness (QED) is 0.907. The number of thiophene rings is 1. The Morgan fingerprint density at radius 3 is 2.65 bits per heavy atom. The second-order valence-corrected chi connectivity index (χ2v) is 6.45. The van der Waals surface area contributed by atoms with Gasteiger partial charge in [0.25, 0.3) is 0 Å². The highest BCUT2D eigenvalue weighted by atomic mass is 79.9. The first kappa shape index (κ1) is 14.2. The minimum absolute atomic E-state index is 0.0401. The predicted octanol–water partition coefficient (Wildman–Crippen LogP) is 2.58. The molecule has 0 aromatic carbocycles. The lowest BCUT2D eigenvalue weighted by molar-refractivity contribution is -0.145. The molecule has 1 aromatic heterocycles. The van der Waals surface area contributed by atoms with Crippen LogP contribution in [-0.4, -0.2) is 28.9 Å². The van der Waals surface area contributed by atoms with E-state index < -0.39 is 11.9 Å². The van der Waals surface area contributed by atoms with Crippen LogP contribution in [-0.2, 0) is 16.1 Å². The van der Waals surface area contributed by atoms with E-state index in [1.54, 1.807) is 23.3 Å². The zero-order valence-electron chi connectivity index (χ0n) is 9.64. The van der Waals surface area contributed by atoms with E-state index in [0.717, 1.165) is 8.66 Å². The smallest absolute Gasteiger partial charge is 0.306 e. The zero-order valence-corrected chi connectivity index (χ0v) is 12.0. The van der Waals surface area contributed by atoms with Crippen molar-refractivity contribution < 1.29 is 14.7 Å². The number of carbonyl (C=O) groups is 2. The number of carboxylic acid groups (broad SMARTS) is 1. The number of carboxylic acids is 1. The molecule has 1 N–H and O–H groups in total. The molecule has 0 fully saturated rings. The molecule has 0 aliphatic rings. The molecule has 0 saturated carbocycles. The van der Waals surface area contributed by atoms with Gasteiger partial charge in [-0.3, -0.25) is 9.59 Å². The molecule has 0 bridgehead atoms. The van der Waals surface area contributed by atoms with Gasteiger partial charge in [-0.05, 0) is 28.1 Å². The molecule has 1 aromatic rings. The molecular formula is C11H14BrNO3S. The molecule has 4 nitrogen and oxygen atoms in total. The SMILES string of the molecule is CC(CC(=O)N(C)Cc1ccc(Br)s1)C(=O)O. The van der Waals surface area contributed by atoms with Gasteiger partial charge < -0.3 is 10.0 Å². The molecular weight excluding hydrogens is 306 g/mol. The zero-order chi connectivity index (χ0) is 13.0. The van der Waals surface area contributed by atoms with E-state index >= 15 is 0 Å². The molecule has 1 unspecified atom stereocenters. The van der Waals surface area contributed by atoms with Gasteiger partial charge >= 0.3 is 5.97 Å². The van der Waals surface area contributed by atoms with Crippen LogP contribution < -0.4 is 0 Å². The first-order valence-corrected chi connectivity index (χ1v) is 6.72. The average molecular weight is 320 g/mol. The van der Waals surface area contributed by atoms with Crippen LogP contribution in [0.3, 0.4) is 0 Å². The molecule has 0 aliphatic heterocycles. The summed E-state index contributed by atoms with van der Waals surface area (Å²) in [5, 5.41) is 8.73. The van der Waals surface area contributed by atoms with Crippen molar-refractivity contribution in [1.82, 2.24) is 4.90 Å². The fraction of sp³-hybridized carbons (Fsp3) is 0.455. The maximum absolute atomic E-state index is 11.7. The number of carbonyl (C=O) groups excluding carboxylic acids is 1. The van der Waals surface area contributed by atoms with Gasteiger partial charge in [-0.1, -0.05) is 6.92 Å². The average Bonchev–Trinajstić information content (AvgIpc) is 2.63.